The molecule has 3 fully saturated rings. The average molecular weight is 181 g/mol. The number of rotatable bonds is 2. The van der Waals surface area contributed by atoms with Crippen molar-refractivity contribution in [3.8, 4) is 0 Å². The van der Waals surface area contributed by atoms with Gasteiger partial charge in [-0.15, -0.1) is 0 Å². The van der Waals surface area contributed by atoms with Gasteiger partial charge < -0.3 is 5.11 Å². The maximum atomic E-state index is 9.85. The largest absolute Gasteiger partial charge is 0.391 e. The summed E-state index contributed by atoms with van der Waals surface area (Å²) < 4.78 is 0. The van der Waals surface area contributed by atoms with Gasteiger partial charge in [0.2, 0.25) is 0 Å². The lowest BCUT2D eigenvalue weighted by atomic mass is 9.85. The Morgan fingerprint density at radius 3 is 2.54 bits per heavy atom. The molecule has 0 amide bonds. The fourth-order valence-corrected chi connectivity index (χ4v) is 2.88. The maximum Gasteiger partial charge on any atom is 0.0735 e. The van der Waals surface area contributed by atoms with E-state index < -0.39 is 0 Å². The van der Waals surface area contributed by atoms with Crippen molar-refractivity contribution in [3.05, 3.63) is 0 Å². The quantitative estimate of drug-likeness (QED) is 0.693. The standard InChI is InChI=1S/C11H19NO/c13-10-7-12(6-9-2-1-3-9)8-11(10)4-5-11/h9-10,13H,1-8H2. The van der Waals surface area contributed by atoms with Crippen molar-refractivity contribution in [2.75, 3.05) is 19.6 Å². The fraction of sp³-hybridized carbons (Fsp3) is 1.00. The van der Waals surface area contributed by atoms with Gasteiger partial charge in [0.15, 0.2) is 0 Å². The van der Waals surface area contributed by atoms with Crippen molar-refractivity contribution in [2.45, 2.75) is 38.2 Å². The van der Waals surface area contributed by atoms with E-state index >= 15 is 0 Å². The van der Waals surface area contributed by atoms with Crippen LogP contribution in [0.1, 0.15) is 32.1 Å². The number of β-amino-alcohol motifs (C(OH)–C–C–N with tert-alkyl or cyclic N) is 1. The molecule has 3 aliphatic rings. The molecule has 1 N–H and O–H groups in total. The van der Waals surface area contributed by atoms with Crippen LogP contribution in [0.15, 0.2) is 0 Å². The molecule has 0 radical (unpaired) electrons. The molecule has 1 unspecified atom stereocenters. The summed E-state index contributed by atoms with van der Waals surface area (Å²) in [6.07, 6.45) is 6.84. The summed E-state index contributed by atoms with van der Waals surface area (Å²) in [5.41, 5.74) is 0.365. The van der Waals surface area contributed by atoms with Gasteiger partial charge in [0.05, 0.1) is 6.10 Å². The summed E-state index contributed by atoms with van der Waals surface area (Å²) in [7, 11) is 0. The van der Waals surface area contributed by atoms with Crippen LogP contribution in [-0.4, -0.2) is 35.7 Å². The number of hydrogen-bond donors (Lipinski definition) is 1. The minimum Gasteiger partial charge on any atom is -0.391 e. The molecule has 1 aliphatic heterocycles. The minimum atomic E-state index is -0.00687. The van der Waals surface area contributed by atoms with Crippen LogP contribution in [0, 0.1) is 11.3 Å². The maximum absolute atomic E-state index is 9.85. The molecule has 2 heteroatoms. The Hall–Kier alpha value is -0.0800. The third-order valence-corrected chi connectivity index (χ3v) is 4.31. The average Bonchev–Trinajstić information content (AvgIpc) is 2.70. The molecule has 0 aromatic rings. The Morgan fingerprint density at radius 1 is 1.31 bits per heavy atom. The Labute approximate surface area is 79.9 Å². The zero-order valence-corrected chi connectivity index (χ0v) is 8.21. The Bertz CT molecular complexity index is 208. The fourth-order valence-electron chi connectivity index (χ4n) is 2.88. The smallest absolute Gasteiger partial charge is 0.0735 e. The molecule has 0 aromatic carbocycles. The van der Waals surface area contributed by atoms with Crippen LogP contribution in [0.2, 0.25) is 0 Å². The molecule has 1 saturated heterocycles. The van der Waals surface area contributed by atoms with Gasteiger partial charge in [-0.3, -0.25) is 4.90 Å². The highest BCUT2D eigenvalue weighted by molar-refractivity contribution is 5.06. The van der Waals surface area contributed by atoms with Crippen LogP contribution in [-0.2, 0) is 0 Å². The lowest BCUT2D eigenvalue weighted by molar-refractivity contribution is 0.127. The number of aliphatic hydroxyl groups is 1. The number of aliphatic hydroxyl groups excluding tert-OH is 1. The zero-order valence-electron chi connectivity index (χ0n) is 8.21. The van der Waals surface area contributed by atoms with E-state index in [1.54, 1.807) is 0 Å². The van der Waals surface area contributed by atoms with E-state index in [9.17, 15) is 5.11 Å². The van der Waals surface area contributed by atoms with Crippen LogP contribution in [0.4, 0.5) is 0 Å². The summed E-state index contributed by atoms with van der Waals surface area (Å²) >= 11 is 0. The lowest BCUT2D eigenvalue weighted by Gasteiger charge is -2.29. The second-order valence-corrected chi connectivity index (χ2v) is 5.37. The second-order valence-electron chi connectivity index (χ2n) is 5.37. The third kappa shape index (κ3) is 1.31. The predicted molar refractivity (Wildman–Crippen MR) is 51.5 cm³/mol. The first kappa shape index (κ1) is 8.25. The van der Waals surface area contributed by atoms with E-state index in [4.69, 9.17) is 0 Å². The predicted octanol–water partition coefficient (Wildman–Crippen LogP) is 1.24. The van der Waals surface area contributed by atoms with Crippen LogP contribution in [0.5, 0.6) is 0 Å². The van der Waals surface area contributed by atoms with Crippen LogP contribution in [0.25, 0.3) is 0 Å². The number of likely N-dealkylation sites (tertiary alicyclic amines) is 1. The summed E-state index contributed by atoms with van der Waals surface area (Å²) in [4.78, 5) is 2.50. The molecule has 0 aromatic heterocycles. The zero-order chi connectivity index (χ0) is 8.89. The number of hydrogen-bond acceptors (Lipinski definition) is 2. The molecule has 2 aliphatic carbocycles. The van der Waals surface area contributed by atoms with E-state index in [0.717, 1.165) is 12.5 Å². The van der Waals surface area contributed by atoms with Crippen molar-refractivity contribution in [1.82, 2.24) is 4.90 Å². The molecule has 74 valence electrons. The van der Waals surface area contributed by atoms with Crippen LogP contribution >= 0.6 is 0 Å². The highest BCUT2D eigenvalue weighted by atomic mass is 16.3. The molecule has 1 atom stereocenters. The van der Waals surface area contributed by atoms with E-state index in [2.05, 4.69) is 4.90 Å². The first-order valence-electron chi connectivity index (χ1n) is 5.69. The third-order valence-electron chi connectivity index (χ3n) is 4.31. The summed E-state index contributed by atoms with van der Waals surface area (Å²) in [6, 6.07) is 0. The van der Waals surface area contributed by atoms with Crippen molar-refractivity contribution in [2.24, 2.45) is 11.3 Å². The molecule has 3 rings (SSSR count). The topological polar surface area (TPSA) is 23.5 Å². The summed E-state index contributed by atoms with van der Waals surface area (Å²) in [6.45, 7) is 3.40. The van der Waals surface area contributed by atoms with Gasteiger partial charge in [0.1, 0.15) is 0 Å². The SMILES string of the molecule is OC1CN(CC2CCC2)CC12CC2. The molecule has 0 bridgehead atoms. The van der Waals surface area contributed by atoms with E-state index in [0.29, 0.717) is 5.41 Å². The summed E-state index contributed by atoms with van der Waals surface area (Å²) in [5.74, 6) is 0.959. The molecular formula is C11H19NO. The molecule has 1 spiro atoms. The van der Waals surface area contributed by atoms with Gasteiger partial charge in [-0.2, -0.15) is 0 Å². The van der Waals surface area contributed by atoms with E-state index in [1.165, 1.54) is 45.2 Å². The first-order chi connectivity index (χ1) is 6.28. The van der Waals surface area contributed by atoms with Crippen LogP contribution < -0.4 is 0 Å². The molecule has 2 saturated carbocycles. The van der Waals surface area contributed by atoms with Gasteiger partial charge >= 0.3 is 0 Å². The molecular weight excluding hydrogens is 162 g/mol. The Morgan fingerprint density at radius 2 is 2.08 bits per heavy atom. The number of nitrogens with zero attached hydrogens (tertiary/aromatic N) is 1. The highest BCUT2D eigenvalue weighted by Crippen LogP contribution is 2.53. The lowest BCUT2D eigenvalue weighted by Crippen LogP contribution is -2.31. The second kappa shape index (κ2) is 2.71. The van der Waals surface area contributed by atoms with Crippen molar-refractivity contribution < 1.29 is 5.11 Å². The molecule has 1 heterocycles. The molecule has 2 nitrogen and oxygen atoms in total. The van der Waals surface area contributed by atoms with Crippen molar-refractivity contribution >= 4 is 0 Å². The first-order valence-corrected chi connectivity index (χ1v) is 5.69. The van der Waals surface area contributed by atoms with Gasteiger partial charge in [-0.05, 0) is 31.6 Å². The Kier molecular flexibility index (Phi) is 1.72. The van der Waals surface area contributed by atoms with Gasteiger partial charge in [0, 0.05) is 25.0 Å². The van der Waals surface area contributed by atoms with E-state index in [-0.39, 0.29) is 6.10 Å². The molecule has 13 heavy (non-hydrogen) atoms. The van der Waals surface area contributed by atoms with Gasteiger partial charge in [0.25, 0.3) is 0 Å². The Balaban J connectivity index is 1.56. The van der Waals surface area contributed by atoms with Crippen molar-refractivity contribution in [3.63, 3.8) is 0 Å². The van der Waals surface area contributed by atoms with Crippen LogP contribution in [0.3, 0.4) is 0 Å². The normalized spacial score (nSPS) is 38.1. The van der Waals surface area contributed by atoms with Crippen molar-refractivity contribution in [1.29, 1.82) is 0 Å². The van der Waals surface area contributed by atoms with E-state index in [1.807, 2.05) is 0 Å². The van der Waals surface area contributed by atoms with Gasteiger partial charge in [-0.25, -0.2) is 0 Å². The minimum absolute atomic E-state index is 0.00687. The monoisotopic (exact) mass is 181 g/mol. The van der Waals surface area contributed by atoms with Gasteiger partial charge in [-0.1, -0.05) is 6.42 Å². The summed E-state index contributed by atoms with van der Waals surface area (Å²) in [5, 5.41) is 9.85. The highest BCUT2D eigenvalue weighted by Gasteiger charge is 2.54.